The number of aromatic nitrogens is 2. The highest BCUT2D eigenvalue weighted by Gasteiger charge is 2.14. The second-order valence-corrected chi connectivity index (χ2v) is 7.35. The molecule has 5 nitrogen and oxygen atoms in total. The van der Waals surface area contributed by atoms with E-state index in [9.17, 15) is 8.42 Å². The average molecular weight is 314 g/mol. The van der Waals surface area contributed by atoms with Gasteiger partial charge in [0.05, 0.1) is 23.7 Å². The number of sulfone groups is 1. The molecule has 2 aromatic rings. The van der Waals surface area contributed by atoms with E-state index < -0.39 is 15.9 Å². The Morgan fingerprint density at radius 1 is 1.40 bits per heavy atom. The zero-order chi connectivity index (χ0) is 14.8. The first-order chi connectivity index (χ1) is 9.37. The second-order valence-electron chi connectivity index (χ2n) is 4.69. The van der Waals surface area contributed by atoms with Gasteiger partial charge in [-0.3, -0.25) is 0 Å². The molecule has 2 rings (SSSR count). The van der Waals surface area contributed by atoms with E-state index in [4.69, 9.17) is 17.3 Å². The number of imidazole rings is 1. The van der Waals surface area contributed by atoms with E-state index >= 15 is 0 Å². The lowest BCUT2D eigenvalue weighted by molar-refractivity contribution is 0.588. The maximum absolute atomic E-state index is 11.1. The van der Waals surface area contributed by atoms with Crippen LogP contribution < -0.4 is 5.73 Å². The molecule has 0 aliphatic carbocycles. The fourth-order valence-corrected chi connectivity index (χ4v) is 2.74. The summed E-state index contributed by atoms with van der Waals surface area (Å²) in [7, 11) is -3.02. The predicted octanol–water partition coefficient (Wildman–Crippen LogP) is 2.16. The number of nitrogens with one attached hydrogen (secondary N) is 1. The minimum atomic E-state index is -3.02. The zero-order valence-electron chi connectivity index (χ0n) is 11.0. The first kappa shape index (κ1) is 15.0. The van der Waals surface area contributed by atoms with Gasteiger partial charge in [-0.1, -0.05) is 29.8 Å². The largest absolute Gasteiger partial charge is 0.341 e. The van der Waals surface area contributed by atoms with E-state index in [1.165, 1.54) is 6.26 Å². The van der Waals surface area contributed by atoms with Crippen molar-refractivity contribution in [2.45, 2.75) is 12.5 Å². The summed E-state index contributed by atoms with van der Waals surface area (Å²) < 4.78 is 22.3. The van der Waals surface area contributed by atoms with Gasteiger partial charge in [0.25, 0.3) is 0 Å². The van der Waals surface area contributed by atoms with Crippen molar-refractivity contribution in [1.29, 1.82) is 0 Å². The van der Waals surface area contributed by atoms with Gasteiger partial charge in [0.15, 0.2) is 0 Å². The Labute approximate surface area is 123 Å². The maximum atomic E-state index is 11.1. The number of rotatable bonds is 5. The van der Waals surface area contributed by atoms with E-state index in [1.807, 2.05) is 18.2 Å². The van der Waals surface area contributed by atoms with Crippen molar-refractivity contribution in [2.24, 2.45) is 5.73 Å². The average Bonchev–Trinajstić information content (AvgIpc) is 2.85. The van der Waals surface area contributed by atoms with Gasteiger partial charge in [-0.15, -0.1) is 0 Å². The Hall–Kier alpha value is -1.37. The smallest absolute Gasteiger partial charge is 0.147 e. The van der Waals surface area contributed by atoms with Crippen LogP contribution in [-0.2, 0) is 9.84 Å². The second kappa shape index (κ2) is 5.95. The van der Waals surface area contributed by atoms with Crippen molar-refractivity contribution in [3.8, 4) is 11.3 Å². The quantitative estimate of drug-likeness (QED) is 0.885. The standard InChI is InChI=1S/C13H16ClN3O2S/c1-20(18,19)7-6-11(15)13-16-8-12(17-13)9-4-2-3-5-10(9)14/h2-5,8,11H,6-7,15H2,1H3,(H,16,17). The van der Waals surface area contributed by atoms with Gasteiger partial charge in [0.2, 0.25) is 0 Å². The molecule has 0 aliphatic rings. The highest BCUT2D eigenvalue weighted by molar-refractivity contribution is 7.90. The third kappa shape index (κ3) is 3.82. The molecule has 1 aromatic carbocycles. The van der Waals surface area contributed by atoms with Crippen LogP contribution in [-0.4, -0.2) is 30.4 Å². The van der Waals surface area contributed by atoms with E-state index in [0.717, 1.165) is 11.3 Å². The van der Waals surface area contributed by atoms with Crippen molar-refractivity contribution in [1.82, 2.24) is 9.97 Å². The van der Waals surface area contributed by atoms with E-state index in [0.29, 0.717) is 17.3 Å². The van der Waals surface area contributed by atoms with Crippen LogP contribution in [0.4, 0.5) is 0 Å². The van der Waals surface area contributed by atoms with E-state index in [2.05, 4.69) is 9.97 Å². The predicted molar refractivity (Wildman–Crippen MR) is 80.3 cm³/mol. The van der Waals surface area contributed by atoms with Crippen LogP contribution in [0.25, 0.3) is 11.3 Å². The molecule has 0 saturated carbocycles. The fraction of sp³-hybridized carbons (Fsp3) is 0.308. The van der Waals surface area contributed by atoms with Crippen LogP contribution in [0.2, 0.25) is 5.02 Å². The van der Waals surface area contributed by atoms with Crippen LogP contribution in [0.5, 0.6) is 0 Å². The number of halogens is 1. The topological polar surface area (TPSA) is 88.8 Å². The lowest BCUT2D eigenvalue weighted by Gasteiger charge is -2.07. The van der Waals surface area contributed by atoms with Crippen LogP contribution in [0.1, 0.15) is 18.3 Å². The minimum absolute atomic E-state index is 0.0380. The molecule has 1 atom stereocenters. The van der Waals surface area contributed by atoms with Crippen molar-refractivity contribution < 1.29 is 8.42 Å². The van der Waals surface area contributed by atoms with Gasteiger partial charge in [-0.2, -0.15) is 0 Å². The number of aromatic amines is 1. The summed E-state index contributed by atoms with van der Waals surface area (Å²) in [4.78, 5) is 7.29. The lowest BCUT2D eigenvalue weighted by Crippen LogP contribution is -2.16. The summed E-state index contributed by atoms with van der Waals surface area (Å²) >= 11 is 6.11. The fourth-order valence-electron chi connectivity index (χ4n) is 1.82. The molecule has 1 unspecified atom stereocenters. The normalized spacial score (nSPS) is 13.3. The number of nitrogens with zero attached hydrogens (tertiary/aromatic N) is 1. The number of hydrogen-bond donors (Lipinski definition) is 2. The molecule has 20 heavy (non-hydrogen) atoms. The summed E-state index contributed by atoms with van der Waals surface area (Å²) in [5, 5.41) is 0.618. The SMILES string of the molecule is CS(=O)(=O)CCC(N)c1ncc(-c2ccccc2Cl)[nH]1. The molecule has 0 bridgehead atoms. The van der Waals surface area contributed by atoms with Gasteiger partial charge >= 0.3 is 0 Å². The molecule has 3 N–H and O–H groups in total. The third-order valence-electron chi connectivity index (χ3n) is 2.91. The highest BCUT2D eigenvalue weighted by Crippen LogP contribution is 2.26. The first-order valence-electron chi connectivity index (χ1n) is 6.10. The lowest BCUT2D eigenvalue weighted by atomic mass is 10.2. The molecule has 108 valence electrons. The van der Waals surface area contributed by atoms with Crippen molar-refractivity contribution in [2.75, 3.05) is 12.0 Å². The van der Waals surface area contributed by atoms with Gasteiger partial charge in [0.1, 0.15) is 15.7 Å². The Morgan fingerprint density at radius 3 is 2.75 bits per heavy atom. The van der Waals surface area contributed by atoms with Crippen molar-refractivity contribution in [3.05, 3.63) is 41.3 Å². The number of hydrogen-bond acceptors (Lipinski definition) is 4. The molecule has 0 amide bonds. The van der Waals surface area contributed by atoms with E-state index in [1.54, 1.807) is 12.3 Å². The number of benzene rings is 1. The molecular weight excluding hydrogens is 298 g/mol. The van der Waals surface area contributed by atoms with Gasteiger partial charge < -0.3 is 10.7 Å². The van der Waals surface area contributed by atoms with E-state index in [-0.39, 0.29) is 5.75 Å². The Morgan fingerprint density at radius 2 is 2.10 bits per heavy atom. The summed E-state index contributed by atoms with van der Waals surface area (Å²) in [6, 6.07) is 6.95. The minimum Gasteiger partial charge on any atom is -0.341 e. The molecule has 0 spiro atoms. The van der Waals surface area contributed by atoms with Crippen LogP contribution in [0.15, 0.2) is 30.5 Å². The summed E-state index contributed by atoms with van der Waals surface area (Å²) in [5.41, 5.74) is 7.54. The zero-order valence-corrected chi connectivity index (χ0v) is 12.6. The maximum Gasteiger partial charge on any atom is 0.147 e. The van der Waals surface area contributed by atoms with Gasteiger partial charge in [-0.25, -0.2) is 13.4 Å². The molecule has 0 saturated heterocycles. The van der Waals surface area contributed by atoms with Crippen LogP contribution >= 0.6 is 11.6 Å². The van der Waals surface area contributed by atoms with Crippen LogP contribution in [0, 0.1) is 0 Å². The Bertz CT molecular complexity index is 697. The number of nitrogens with two attached hydrogens (primary N) is 1. The third-order valence-corrected chi connectivity index (χ3v) is 4.22. The Balaban J connectivity index is 2.15. The van der Waals surface area contributed by atoms with Gasteiger partial charge in [-0.05, 0) is 12.5 Å². The molecular formula is C13H16ClN3O2S. The molecule has 1 aromatic heterocycles. The Kier molecular flexibility index (Phi) is 4.47. The van der Waals surface area contributed by atoms with Gasteiger partial charge in [0, 0.05) is 16.8 Å². The molecule has 0 aliphatic heterocycles. The highest BCUT2D eigenvalue weighted by atomic mass is 35.5. The van der Waals surface area contributed by atoms with Crippen molar-refractivity contribution >= 4 is 21.4 Å². The summed E-state index contributed by atoms with van der Waals surface area (Å²) in [6.45, 7) is 0. The first-order valence-corrected chi connectivity index (χ1v) is 8.54. The number of H-pyrrole nitrogens is 1. The molecule has 7 heteroatoms. The van der Waals surface area contributed by atoms with Crippen LogP contribution in [0.3, 0.4) is 0 Å². The van der Waals surface area contributed by atoms with Crippen molar-refractivity contribution in [3.63, 3.8) is 0 Å². The molecule has 0 fully saturated rings. The molecule has 0 radical (unpaired) electrons. The summed E-state index contributed by atoms with van der Waals surface area (Å²) in [5.74, 6) is 0.597. The molecule has 1 heterocycles. The summed E-state index contributed by atoms with van der Waals surface area (Å²) in [6.07, 6.45) is 3.17. The monoisotopic (exact) mass is 313 g/mol.